The van der Waals surface area contributed by atoms with Gasteiger partial charge < -0.3 is 14.9 Å². The zero-order chi connectivity index (χ0) is 22.2. The van der Waals surface area contributed by atoms with Crippen LogP contribution in [0.4, 0.5) is 0 Å². The second-order valence-electron chi connectivity index (χ2n) is 8.16. The van der Waals surface area contributed by atoms with E-state index in [2.05, 4.69) is 6.08 Å². The maximum absolute atomic E-state index is 12.2. The summed E-state index contributed by atoms with van der Waals surface area (Å²) in [5.41, 5.74) is 2.95. The summed E-state index contributed by atoms with van der Waals surface area (Å²) in [6.07, 6.45) is 8.91. The third-order valence-electron chi connectivity index (χ3n) is 5.85. The highest BCUT2D eigenvalue weighted by molar-refractivity contribution is 5.99. The first-order valence-corrected chi connectivity index (χ1v) is 10.8. The first-order valence-electron chi connectivity index (χ1n) is 10.8. The number of Topliss-reactive ketones (excluding diaryl/α,β-unsaturated/α-hetero) is 2. The summed E-state index contributed by atoms with van der Waals surface area (Å²) in [7, 11) is 1.48. The molecule has 0 aliphatic heterocycles. The number of hydrogen-bond acceptors (Lipinski definition) is 5. The molecule has 0 fully saturated rings. The molecule has 0 saturated carbocycles. The zero-order valence-corrected chi connectivity index (χ0v) is 18.0. The van der Waals surface area contributed by atoms with Gasteiger partial charge in [0.25, 0.3) is 0 Å². The summed E-state index contributed by atoms with van der Waals surface area (Å²) in [6, 6.07) is 10.6. The minimum Gasteiger partial charge on any atom is -0.507 e. The molecule has 0 bridgehead atoms. The van der Waals surface area contributed by atoms with Crippen molar-refractivity contribution in [2.24, 2.45) is 5.92 Å². The minimum atomic E-state index is -0.0580. The van der Waals surface area contributed by atoms with Crippen molar-refractivity contribution in [3.63, 3.8) is 0 Å². The Labute approximate surface area is 183 Å². The first-order chi connectivity index (χ1) is 15.0. The van der Waals surface area contributed by atoms with Gasteiger partial charge in [0.2, 0.25) is 0 Å². The number of phenolic OH excluding ortho intramolecular Hbond substituents is 2. The van der Waals surface area contributed by atoms with Gasteiger partial charge in [-0.05, 0) is 67.3 Å². The molecule has 0 spiro atoms. The van der Waals surface area contributed by atoms with Crippen molar-refractivity contribution in [3.05, 3.63) is 59.2 Å². The van der Waals surface area contributed by atoms with Gasteiger partial charge in [0.15, 0.2) is 11.5 Å². The minimum absolute atomic E-state index is 0.00758. The first kappa shape index (κ1) is 22.6. The number of carbonyl (C=O) groups is 2. The van der Waals surface area contributed by atoms with Crippen molar-refractivity contribution < 1.29 is 24.5 Å². The van der Waals surface area contributed by atoms with Crippen LogP contribution >= 0.6 is 0 Å². The number of benzene rings is 2. The highest BCUT2D eigenvalue weighted by atomic mass is 16.5. The Morgan fingerprint density at radius 2 is 1.87 bits per heavy atom. The quantitative estimate of drug-likeness (QED) is 0.526. The average Bonchev–Trinajstić information content (AvgIpc) is 2.96. The van der Waals surface area contributed by atoms with E-state index in [-0.39, 0.29) is 23.7 Å². The van der Waals surface area contributed by atoms with Gasteiger partial charge in [0.1, 0.15) is 17.3 Å². The molecule has 164 valence electrons. The number of fused-ring (bicyclic) bond motifs is 1. The van der Waals surface area contributed by atoms with E-state index in [0.717, 1.165) is 42.4 Å². The molecule has 5 heteroatoms. The van der Waals surface area contributed by atoms with E-state index in [4.69, 9.17) is 4.74 Å². The van der Waals surface area contributed by atoms with Gasteiger partial charge in [-0.25, -0.2) is 0 Å². The number of aromatic hydroxyl groups is 2. The molecule has 0 aromatic heterocycles. The monoisotopic (exact) mass is 422 g/mol. The third-order valence-corrected chi connectivity index (χ3v) is 5.85. The van der Waals surface area contributed by atoms with Gasteiger partial charge in [-0.1, -0.05) is 30.4 Å². The normalized spacial score (nSPS) is 15.2. The maximum Gasteiger partial charge on any atom is 0.160 e. The van der Waals surface area contributed by atoms with E-state index in [9.17, 15) is 19.8 Å². The SMILES string of the molecule is COc1cc(CCC(=O)CC(=O)CCC[C@H]2C=Cc3c(O)cccc3CC2)ccc1O. The smallest absolute Gasteiger partial charge is 0.160 e. The molecule has 1 aliphatic carbocycles. The number of ether oxygens (including phenoxy) is 1. The van der Waals surface area contributed by atoms with Crippen molar-refractivity contribution >= 4 is 17.6 Å². The molecule has 5 nitrogen and oxygen atoms in total. The van der Waals surface area contributed by atoms with E-state index in [0.29, 0.717) is 36.7 Å². The number of rotatable bonds is 10. The molecule has 0 unspecified atom stereocenters. The Hall–Kier alpha value is -3.08. The predicted octanol–water partition coefficient (Wildman–Crippen LogP) is 5.01. The molecule has 1 atom stereocenters. The van der Waals surface area contributed by atoms with E-state index in [1.54, 1.807) is 24.3 Å². The number of phenols is 2. The Kier molecular flexibility index (Phi) is 7.88. The summed E-state index contributed by atoms with van der Waals surface area (Å²) >= 11 is 0. The maximum atomic E-state index is 12.2. The fourth-order valence-corrected chi connectivity index (χ4v) is 4.04. The Balaban J connectivity index is 1.38. The molecule has 3 rings (SSSR count). The van der Waals surface area contributed by atoms with Gasteiger partial charge >= 0.3 is 0 Å². The van der Waals surface area contributed by atoms with Crippen LogP contribution in [0.3, 0.4) is 0 Å². The molecular formula is C26H30O5. The van der Waals surface area contributed by atoms with Crippen LogP contribution < -0.4 is 4.74 Å². The van der Waals surface area contributed by atoms with Crippen LogP contribution in [0.2, 0.25) is 0 Å². The van der Waals surface area contributed by atoms with Crippen LogP contribution in [0.25, 0.3) is 6.08 Å². The van der Waals surface area contributed by atoms with Crippen molar-refractivity contribution in [1.82, 2.24) is 0 Å². The Morgan fingerprint density at radius 1 is 1.06 bits per heavy atom. The average molecular weight is 423 g/mol. The molecule has 31 heavy (non-hydrogen) atoms. The van der Waals surface area contributed by atoms with Crippen LogP contribution in [-0.2, 0) is 22.4 Å². The highest BCUT2D eigenvalue weighted by Crippen LogP contribution is 2.30. The number of ketones is 2. The molecule has 0 radical (unpaired) electrons. The fourth-order valence-electron chi connectivity index (χ4n) is 4.04. The van der Waals surface area contributed by atoms with Crippen molar-refractivity contribution in [3.8, 4) is 17.2 Å². The topological polar surface area (TPSA) is 83.8 Å². The van der Waals surface area contributed by atoms with Crippen molar-refractivity contribution in [2.45, 2.75) is 51.4 Å². The van der Waals surface area contributed by atoms with Gasteiger partial charge in [-0.15, -0.1) is 0 Å². The lowest BCUT2D eigenvalue weighted by molar-refractivity contribution is -0.127. The molecule has 0 saturated heterocycles. The largest absolute Gasteiger partial charge is 0.507 e. The van der Waals surface area contributed by atoms with Crippen LogP contribution in [0.5, 0.6) is 17.2 Å². The molecule has 0 amide bonds. The van der Waals surface area contributed by atoms with Crippen LogP contribution in [0.1, 0.15) is 55.2 Å². The zero-order valence-electron chi connectivity index (χ0n) is 18.0. The number of methoxy groups -OCH3 is 1. The van der Waals surface area contributed by atoms with Crippen LogP contribution in [0, 0.1) is 5.92 Å². The highest BCUT2D eigenvalue weighted by Gasteiger charge is 2.15. The Morgan fingerprint density at radius 3 is 2.68 bits per heavy atom. The Bertz CT molecular complexity index is 960. The number of hydrogen-bond donors (Lipinski definition) is 2. The van der Waals surface area contributed by atoms with Gasteiger partial charge in [-0.2, -0.15) is 0 Å². The predicted molar refractivity (Wildman–Crippen MR) is 120 cm³/mol. The molecular weight excluding hydrogens is 392 g/mol. The van der Waals surface area contributed by atoms with E-state index in [1.165, 1.54) is 7.11 Å². The van der Waals surface area contributed by atoms with Gasteiger partial charge in [-0.3, -0.25) is 9.59 Å². The van der Waals surface area contributed by atoms with E-state index < -0.39 is 0 Å². The molecule has 2 N–H and O–H groups in total. The summed E-state index contributed by atoms with van der Waals surface area (Å²) in [4.78, 5) is 24.4. The van der Waals surface area contributed by atoms with Crippen molar-refractivity contribution in [1.29, 1.82) is 0 Å². The second-order valence-corrected chi connectivity index (χ2v) is 8.16. The number of aryl methyl sites for hydroxylation is 2. The molecule has 0 heterocycles. The van der Waals surface area contributed by atoms with Crippen molar-refractivity contribution in [2.75, 3.05) is 7.11 Å². The molecule has 1 aliphatic rings. The lowest BCUT2D eigenvalue weighted by atomic mass is 9.94. The van der Waals surface area contributed by atoms with Gasteiger partial charge in [0, 0.05) is 18.4 Å². The summed E-state index contributed by atoms with van der Waals surface area (Å²) < 4.78 is 5.08. The lowest BCUT2D eigenvalue weighted by Gasteiger charge is -2.10. The molecule has 2 aromatic carbocycles. The van der Waals surface area contributed by atoms with E-state index >= 15 is 0 Å². The third kappa shape index (κ3) is 6.45. The number of carbonyl (C=O) groups excluding carboxylic acids is 2. The van der Waals surface area contributed by atoms with Crippen LogP contribution in [-0.4, -0.2) is 28.9 Å². The summed E-state index contributed by atoms with van der Waals surface area (Å²) in [6.45, 7) is 0. The van der Waals surface area contributed by atoms with Gasteiger partial charge in [0.05, 0.1) is 13.5 Å². The fraction of sp³-hybridized carbons (Fsp3) is 0.385. The summed E-state index contributed by atoms with van der Waals surface area (Å²) in [5.74, 6) is 1.07. The second kappa shape index (κ2) is 10.8. The van der Waals surface area contributed by atoms with Crippen LogP contribution in [0.15, 0.2) is 42.5 Å². The summed E-state index contributed by atoms with van der Waals surface area (Å²) in [5, 5.41) is 19.6. The number of allylic oxidation sites excluding steroid dienone is 1. The molecule has 2 aromatic rings. The van der Waals surface area contributed by atoms with E-state index in [1.807, 2.05) is 18.2 Å². The standard InChI is InChI=1S/C26H30O5/c1-31-26-16-19(11-15-25(26)30)9-13-22(28)17-21(27)6-2-4-18-8-12-20-5-3-7-24(29)23(20)14-10-18/h3,5,7,10-11,14-16,18,29-30H,2,4,6,8-9,12-13,17H2,1H3/t18-/m1/s1. The lowest BCUT2D eigenvalue weighted by Crippen LogP contribution is -2.09.